The Labute approximate surface area is 126 Å². The van der Waals surface area contributed by atoms with E-state index in [2.05, 4.69) is 5.32 Å². The number of piperazine rings is 1. The van der Waals surface area contributed by atoms with Crippen LogP contribution in [0.25, 0.3) is 0 Å². The summed E-state index contributed by atoms with van der Waals surface area (Å²) in [6, 6.07) is 3.58. The predicted molar refractivity (Wildman–Crippen MR) is 76.6 cm³/mol. The molecule has 112 valence electrons. The van der Waals surface area contributed by atoms with Crippen molar-refractivity contribution < 1.29 is 19.5 Å². The number of rotatable bonds is 2. The number of nitrogens with one attached hydrogen (secondary N) is 1. The van der Waals surface area contributed by atoms with Crippen LogP contribution in [0.2, 0.25) is 5.02 Å². The van der Waals surface area contributed by atoms with Gasteiger partial charge in [0.1, 0.15) is 6.54 Å². The van der Waals surface area contributed by atoms with E-state index < -0.39 is 12.0 Å². The minimum atomic E-state index is -1.17. The molecular formula is C13H14ClN3O4. The number of carbonyl (C=O) groups is 3. The largest absolute Gasteiger partial charge is 0.478 e. The molecule has 0 bridgehead atoms. The van der Waals surface area contributed by atoms with Crippen LogP contribution in [-0.4, -0.2) is 59.5 Å². The van der Waals surface area contributed by atoms with Gasteiger partial charge in [0.05, 0.1) is 11.3 Å². The van der Waals surface area contributed by atoms with Crippen molar-refractivity contribution in [2.45, 2.75) is 0 Å². The molecule has 1 saturated heterocycles. The van der Waals surface area contributed by atoms with Crippen molar-refractivity contribution in [2.75, 3.05) is 32.0 Å². The minimum Gasteiger partial charge on any atom is -0.478 e. The fraction of sp³-hybridized carbons (Fsp3) is 0.308. The molecule has 1 heterocycles. The maximum Gasteiger partial charge on any atom is 0.337 e. The van der Waals surface area contributed by atoms with Gasteiger partial charge >= 0.3 is 12.0 Å². The lowest BCUT2D eigenvalue weighted by atomic mass is 10.2. The van der Waals surface area contributed by atoms with E-state index in [1.807, 2.05) is 0 Å². The molecule has 1 aliphatic rings. The summed E-state index contributed by atoms with van der Waals surface area (Å²) >= 11 is 5.81. The first-order chi connectivity index (χ1) is 9.88. The van der Waals surface area contributed by atoms with E-state index in [1.54, 1.807) is 7.05 Å². The van der Waals surface area contributed by atoms with E-state index in [4.69, 9.17) is 16.7 Å². The average Bonchev–Trinajstić information content (AvgIpc) is 2.41. The predicted octanol–water partition coefficient (Wildman–Crippen LogP) is 1.34. The maximum absolute atomic E-state index is 12.1. The van der Waals surface area contributed by atoms with Crippen molar-refractivity contribution in [1.29, 1.82) is 0 Å². The molecule has 21 heavy (non-hydrogen) atoms. The third kappa shape index (κ3) is 3.43. The molecule has 2 rings (SSSR count). The van der Waals surface area contributed by atoms with Crippen molar-refractivity contribution in [3.63, 3.8) is 0 Å². The molecule has 3 amide bonds. The number of urea groups is 1. The molecule has 2 N–H and O–H groups in total. The third-order valence-electron chi connectivity index (χ3n) is 3.20. The van der Waals surface area contributed by atoms with Crippen LogP contribution in [0.1, 0.15) is 10.4 Å². The number of aromatic carboxylic acids is 1. The summed E-state index contributed by atoms with van der Waals surface area (Å²) < 4.78 is 0. The van der Waals surface area contributed by atoms with Crippen LogP contribution in [0, 0.1) is 0 Å². The Morgan fingerprint density at radius 1 is 1.33 bits per heavy atom. The van der Waals surface area contributed by atoms with Gasteiger partial charge in [-0.15, -0.1) is 0 Å². The molecular weight excluding hydrogens is 298 g/mol. The van der Waals surface area contributed by atoms with E-state index in [9.17, 15) is 14.4 Å². The minimum absolute atomic E-state index is 0.0364. The monoisotopic (exact) mass is 311 g/mol. The Hall–Kier alpha value is -2.28. The Morgan fingerprint density at radius 3 is 2.67 bits per heavy atom. The van der Waals surface area contributed by atoms with E-state index in [0.717, 1.165) is 0 Å². The number of hydrogen-bond donors (Lipinski definition) is 2. The zero-order chi connectivity index (χ0) is 15.6. The molecule has 0 aliphatic carbocycles. The molecule has 1 fully saturated rings. The summed E-state index contributed by atoms with van der Waals surface area (Å²) in [5, 5.41) is 11.9. The zero-order valence-corrected chi connectivity index (χ0v) is 12.1. The van der Waals surface area contributed by atoms with Crippen LogP contribution >= 0.6 is 11.6 Å². The van der Waals surface area contributed by atoms with E-state index in [1.165, 1.54) is 28.0 Å². The summed E-state index contributed by atoms with van der Waals surface area (Å²) in [5.74, 6) is -1.34. The number of benzene rings is 1. The second-order valence-electron chi connectivity index (χ2n) is 4.66. The first-order valence-electron chi connectivity index (χ1n) is 6.21. The van der Waals surface area contributed by atoms with Gasteiger partial charge in [0, 0.05) is 25.2 Å². The SMILES string of the molecule is CN1CCN(C(=O)Nc2cc(Cl)ccc2C(=O)O)CC1=O. The highest BCUT2D eigenvalue weighted by atomic mass is 35.5. The van der Waals surface area contributed by atoms with Gasteiger partial charge < -0.3 is 20.2 Å². The molecule has 7 nitrogen and oxygen atoms in total. The standard InChI is InChI=1S/C13H14ClN3O4/c1-16-4-5-17(7-11(16)18)13(21)15-10-6-8(14)2-3-9(10)12(19)20/h2-3,6H,4-5,7H2,1H3,(H,15,21)(H,19,20). The number of likely N-dealkylation sites (N-methyl/N-ethyl adjacent to an activating group) is 1. The summed E-state index contributed by atoms with van der Waals surface area (Å²) in [6.07, 6.45) is 0. The number of anilines is 1. The quantitative estimate of drug-likeness (QED) is 0.862. The lowest BCUT2D eigenvalue weighted by molar-refractivity contribution is -0.133. The number of carboxylic acid groups (broad SMARTS) is 1. The zero-order valence-electron chi connectivity index (χ0n) is 11.3. The van der Waals surface area contributed by atoms with Gasteiger partial charge in [-0.1, -0.05) is 11.6 Å². The van der Waals surface area contributed by atoms with Crippen LogP contribution in [0.3, 0.4) is 0 Å². The van der Waals surface area contributed by atoms with Crippen LogP contribution in [0.5, 0.6) is 0 Å². The Bertz CT molecular complexity index is 605. The summed E-state index contributed by atoms with van der Waals surface area (Å²) in [4.78, 5) is 37.7. The summed E-state index contributed by atoms with van der Waals surface area (Å²) in [6.45, 7) is 0.788. The first kappa shape index (κ1) is 15.1. The fourth-order valence-electron chi connectivity index (χ4n) is 1.93. The van der Waals surface area contributed by atoms with Gasteiger partial charge in [-0.25, -0.2) is 9.59 Å². The molecule has 0 atom stereocenters. The number of amides is 3. The van der Waals surface area contributed by atoms with Gasteiger partial charge in [-0.2, -0.15) is 0 Å². The average molecular weight is 312 g/mol. The van der Waals surface area contributed by atoms with E-state index in [0.29, 0.717) is 18.1 Å². The van der Waals surface area contributed by atoms with E-state index >= 15 is 0 Å². The van der Waals surface area contributed by atoms with Crippen molar-refractivity contribution in [3.8, 4) is 0 Å². The summed E-state index contributed by atoms with van der Waals surface area (Å²) in [7, 11) is 1.66. The van der Waals surface area contributed by atoms with Gasteiger partial charge in [-0.3, -0.25) is 4.79 Å². The van der Waals surface area contributed by atoms with Crippen molar-refractivity contribution in [1.82, 2.24) is 9.80 Å². The lowest BCUT2D eigenvalue weighted by Crippen LogP contribution is -2.51. The molecule has 1 aliphatic heterocycles. The van der Waals surface area contributed by atoms with Gasteiger partial charge in [0.15, 0.2) is 0 Å². The molecule has 0 radical (unpaired) electrons. The highest BCUT2D eigenvalue weighted by Gasteiger charge is 2.25. The number of nitrogens with zero attached hydrogens (tertiary/aromatic N) is 2. The first-order valence-corrected chi connectivity index (χ1v) is 6.59. The van der Waals surface area contributed by atoms with Gasteiger partial charge in [0.2, 0.25) is 5.91 Å². The van der Waals surface area contributed by atoms with Crippen LogP contribution < -0.4 is 5.32 Å². The van der Waals surface area contributed by atoms with Gasteiger partial charge in [0.25, 0.3) is 0 Å². The number of halogens is 1. The Balaban J connectivity index is 2.14. The number of hydrogen-bond acceptors (Lipinski definition) is 3. The Kier molecular flexibility index (Phi) is 4.32. The second kappa shape index (κ2) is 6.01. The second-order valence-corrected chi connectivity index (χ2v) is 5.10. The van der Waals surface area contributed by atoms with Crippen molar-refractivity contribution in [3.05, 3.63) is 28.8 Å². The number of carbonyl (C=O) groups excluding carboxylic acids is 2. The summed E-state index contributed by atoms with van der Waals surface area (Å²) in [5.41, 5.74) is 0.0413. The normalized spacial score (nSPS) is 15.0. The Morgan fingerprint density at radius 2 is 2.05 bits per heavy atom. The van der Waals surface area contributed by atoms with Crippen molar-refractivity contribution >= 4 is 35.2 Å². The molecule has 0 saturated carbocycles. The highest BCUT2D eigenvalue weighted by Crippen LogP contribution is 2.21. The third-order valence-corrected chi connectivity index (χ3v) is 3.43. The fourth-order valence-corrected chi connectivity index (χ4v) is 2.10. The van der Waals surface area contributed by atoms with E-state index in [-0.39, 0.29) is 23.7 Å². The smallest absolute Gasteiger partial charge is 0.337 e. The molecule has 0 aromatic heterocycles. The molecule has 0 unspecified atom stereocenters. The molecule has 1 aromatic rings. The highest BCUT2D eigenvalue weighted by molar-refractivity contribution is 6.31. The van der Waals surface area contributed by atoms with Gasteiger partial charge in [-0.05, 0) is 18.2 Å². The van der Waals surface area contributed by atoms with Crippen LogP contribution in [0.15, 0.2) is 18.2 Å². The molecule has 0 spiro atoms. The topological polar surface area (TPSA) is 89.9 Å². The van der Waals surface area contributed by atoms with Crippen molar-refractivity contribution in [2.24, 2.45) is 0 Å². The molecule has 8 heteroatoms. The van der Waals surface area contributed by atoms with Crippen LogP contribution in [-0.2, 0) is 4.79 Å². The van der Waals surface area contributed by atoms with Crippen LogP contribution in [0.4, 0.5) is 10.5 Å². The number of carboxylic acids is 1. The lowest BCUT2D eigenvalue weighted by Gasteiger charge is -2.32. The molecule has 1 aromatic carbocycles. The maximum atomic E-state index is 12.1.